The summed E-state index contributed by atoms with van der Waals surface area (Å²) in [7, 11) is 0. The van der Waals surface area contributed by atoms with Gasteiger partial charge < -0.3 is 5.32 Å². The van der Waals surface area contributed by atoms with Crippen molar-refractivity contribution in [2.75, 3.05) is 6.54 Å². The van der Waals surface area contributed by atoms with Crippen LogP contribution in [0.15, 0.2) is 24.3 Å². The Balaban J connectivity index is 2.72. The summed E-state index contributed by atoms with van der Waals surface area (Å²) in [6, 6.07) is 5.68. The molecule has 1 aromatic rings. The number of hydrogen-bond acceptors (Lipinski definition) is 2. The average molecular weight is 217 g/mol. The molecule has 3 heteroatoms. The van der Waals surface area contributed by atoms with Gasteiger partial charge in [-0.3, -0.25) is 9.59 Å². The van der Waals surface area contributed by atoms with Crippen LogP contribution in [-0.2, 0) is 4.79 Å². The van der Waals surface area contributed by atoms with Crippen molar-refractivity contribution >= 4 is 18.3 Å². The highest BCUT2D eigenvalue weighted by Gasteiger charge is 1.97. The van der Waals surface area contributed by atoms with Crippen LogP contribution < -0.4 is 5.32 Å². The molecule has 1 amide bonds. The van der Waals surface area contributed by atoms with E-state index in [9.17, 15) is 9.59 Å². The number of aldehydes is 1. The number of carbonyl (C=O) groups is 2. The zero-order valence-corrected chi connectivity index (χ0v) is 9.49. The molecule has 3 nitrogen and oxygen atoms in total. The zero-order valence-electron chi connectivity index (χ0n) is 9.49. The number of carbonyl (C=O) groups excluding carboxylic acids is 2. The van der Waals surface area contributed by atoms with Gasteiger partial charge in [-0.1, -0.05) is 29.8 Å². The van der Waals surface area contributed by atoms with E-state index in [0.717, 1.165) is 17.4 Å². The van der Waals surface area contributed by atoms with Gasteiger partial charge in [0.15, 0.2) is 6.29 Å². The molecule has 1 rings (SSSR count). The third kappa shape index (κ3) is 3.69. The van der Waals surface area contributed by atoms with Gasteiger partial charge >= 0.3 is 0 Å². The summed E-state index contributed by atoms with van der Waals surface area (Å²) in [4.78, 5) is 21.4. The average Bonchev–Trinajstić information content (AvgIpc) is 2.25. The minimum Gasteiger partial charge on any atom is -0.353 e. The first-order valence-electron chi connectivity index (χ1n) is 5.10. The van der Waals surface area contributed by atoms with Gasteiger partial charge in [-0.05, 0) is 18.6 Å². The first-order chi connectivity index (χ1) is 7.63. The van der Waals surface area contributed by atoms with Crippen LogP contribution in [0.25, 0.3) is 6.08 Å². The number of rotatable bonds is 4. The molecule has 0 aliphatic heterocycles. The van der Waals surface area contributed by atoms with Crippen molar-refractivity contribution in [1.29, 1.82) is 0 Å². The molecule has 0 saturated heterocycles. The molecular weight excluding hydrogens is 202 g/mol. The molecule has 0 unspecified atom stereocenters. The summed E-state index contributed by atoms with van der Waals surface area (Å²) in [5.74, 6) is -0.0656. The lowest BCUT2D eigenvalue weighted by Crippen LogP contribution is -2.19. The molecule has 0 spiro atoms. The minimum absolute atomic E-state index is 0.0656. The summed E-state index contributed by atoms with van der Waals surface area (Å²) in [5.41, 5.74) is 2.59. The van der Waals surface area contributed by atoms with Crippen molar-refractivity contribution in [3.8, 4) is 0 Å². The van der Waals surface area contributed by atoms with E-state index in [0.29, 0.717) is 12.1 Å². The lowest BCUT2D eigenvalue weighted by molar-refractivity contribution is -0.118. The Morgan fingerprint density at radius 3 is 2.75 bits per heavy atom. The van der Waals surface area contributed by atoms with Crippen LogP contribution in [0, 0.1) is 6.92 Å². The van der Waals surface area contributed by atoms with E-state index in [-0.39, 0.29) is 5.91 Å². The number of aryl methyl sites for hydroxylation is 1. The fourth-order valence-electron chi connectivity index (χ4n) is 1.34. The third-order valence-electron chi connectivity index (χ3n) is 2.14. The fourth-order valence-corrected chi connectivity index (χ4v) is 1.34. The molecule has 0 aromatic heterocycles. The summed E-state index contributed by atoms with van der Waals surface area (Å²) in [6.45, 7) is 3.88. The van der Waals surface area contributed by atoms with Gasteiger partial charge in [-0.2, -0.15) is 0 Å². The Bertz CT molecular complexity index is 422. The highest BCUT2D eigenvalue weighted by molar-refractivity contribution is 5.82. The van der Waals surface area contributed by atoms with E-state index in [2.05, 4.69) is 5.32 Å². The molecule has 0 heterocycles. The van der Waals surface area contributed by atoms with Gasteiger partial charge in [0.2, 0.25) is 5.91 Å². The zero-order chi connectivity index (χ0) is 12.0. The molecule has 0 bridgehead atoms. The normalized spacial score (nSPS) is 10.4. The van der Waals surface area contributed by atoms with Crippen LogP contribution in [0.4, 0.5) is 0 Å². The molecule has 84 valence electrons. The van der Waals surface area contributed by atoms with E-state index >= 15 is 0 Å². The van der Waals surface area contributed by atoms with Gasteiger partial charge in [0, 0.05) is 19.0 Å². The fraction of sp³-hybridized carbons (Fsp3) is 0.231. The highest BCUT2D eigenvalue weighted by atomic mass is 16.1. The third-order valence-corrected chi connectivity index (χ3v) is 2.14. The molecular formula is C13H15NO2. The largest absolute Gasteiger partial charge is 0.353 e. The van der Waals surface area contributed by atoms with Crippen LogP contribution in [0.5, 0.6) is 0 Å². The molecule has 0 atom stereocenters. The quantitative estimate of drug-likeness (QED) is 0.783. The second kappa shape index (κ2) is 5.85. The van der Waals surface area contributed by atoms with Crippen LogP contribution in [0.1, 0.15) is 28.4 Å². The van der Waals surface area contributed by atoms with Gasteiger partial charge in [-0.15, -0.1) is 0 Å². The van der Waals surface area contributed by atoms with Crippen LogP contribution in [-0.4, -0.2) is 18.7 Å². The van der Waals surface area contributed by atoms with Crippen molar-refractivity contribution in [2.45, 2.75) is 13.8 Å². The predicted octanol–water partition coefficient (Wildman–Crippen LogP) is 1.96. The molecule has 0 radical (unpaired) electrons. The standard InChI is InChI=1S/C13H15NO2/c1-10-5-6-12(13(8-10)9-15)4-3-7-14-11(2)16/h3-6,8-9H,7H2,1-2H3,(H,14,16). The minimum atomic E-state index is -0.0656. The van der Waals surface area contributed by atoms with Gasteiger partial charge in [0.1, 0.15) is 0 Å². The van der Waals surface area contributed by atoms with E-state index in [1.807, 2.05) is 37.3 Å². The Labute approximate surface area is 95.2 Å². The predicted molar refractivity (Wildman–Crippen MR) is 64.3 cm³/mol. The molecule has 1 N–H and O–H groups in total. The number of amides is 1. The van der Waals surface area contributed by atoms with Crippen molar-refractivity contribution in [2.24, 2.45) is 0 Å². The Kier molecular flexibility index (Phi) is 4.45. The number of hydrogen-bond donors (Lipinski definition) is 1. The molecule has 0 aliphatic rings. The van der Waals surface area contributed by atoms with E-state index < -0.39 is 0 Å². The van der Waals surface area contributed by atoms with Gasteiger partial charge in [-0.25, -0.2) is 0 Å². The number of nitrogens with one attached hydrogen (secondary N) is 1. The van der Waals surface area contributed by atoms with E-state index in [1.54, 1.807) is 0 Å². The Hall–Kier alpha value is -1.90. The van der Waals surface area contributed by atoms with Crippen molar-refractivity contribution < 1.29 is 9.59 Å². The maximum absolute atomic E-state index is 10.8. The second-order valence-corrected chi connectivity index (χ2v) is 3.59. The molecule has 0 fully saturated rings. The molecule has 16 heavy (non-hydrogen) atoms. The lowest BCUT2D eigenvalue weighted by Gasteiger charge is -2.00. The van der Waals surface area contributed by atoms with Crippen LogP contribution >= 0.6 is 0 Å². The van der Waals surface area contributed by atoms with Crippen molar-refractivity contribution in [3.63, 3.8) is 0 Å². The van der Waals surface area contributed by atoms with Crippen molar-refractivity contribution in [1.82, 2.24) is 5.32 Å². The lowest BCUT2D eigenvalue weighted by atomic mass is 10.1. The van der Waals surface area contributed by atoms with E-state index in [4.69, 9.17) is 0 Å². The van der Waals surface area contributed by atoms with Crippen LogP contribution in [0.3, 0.4) is 0 Å². The second-order valence-electron chi connectivity index (χ2n) is 3.59. The summed E-state index contributed by atoms with van der Waals surface area (Å²) in [6.07, 6.45) is 4.49. The van der Waals surface area contributed by atoms with E-state index in [1.165, 1.54) is 6.92 Å². The summed E-state index contributed by atoms with van der Waals surface area (Å²) in [5, 5.41) is 2.65. The summed E-state index contributed by atoms with van der Waals surface area (Å²) < 4.78 is 0. The molecule has 0 aliphatic carbocycles. The molecule has 0 saturated carbocycles. The monoisotopic (exact) mass is 217 g/mol. The maximum atomic E-state index is 10.8. The smallest absolute Gasteiger partial charge is 0.217 e. The van der Waals surface area contributed by atoms with Gasteiger partial charge in [0.05, 0.1) is 0 Å². The first-order valence-corrected chi connectivity index (χ1v) is 5.10. The SMILES string of the molecule is CC(=O)NCC=Cc1ccc(C)cc1C=O. The Morgan fingerprint density at radius 2 is 2.12 bits per heavy atom. The highest BCUT2D eigenvalue weighted by Crippen LogP contribution is 2.11. The summed E-state index contributed by atoms with van der Waals surface area (Å²) >= 11 is 0. The Morgan fingerprint density at radius 1 is 1.38 bits per heavy atom. The number of benzene rings is 1. The molecule has 1 aromatic carbocycles. The van der Waals surface area contributed by atoms with Crippen LogP contribution in [0.2, 0.25) is 0 Å². The van der Waals surface area contributed by atoms with Gasteiger partial charge in [0.25, 0.3) is 0 Å². The topological polar surface area (TPSA) is 46.2 Å². The maximum Gasteiger partial charge on any atom is 0.217 e. The first kappa shape index (κ1) is 12.2. The van der Waals surface area contributed by atoms with Crippen molar-refractivity contribution in [3.05, 3.63) is 41.0 Å².